The fourth-order valence-electron chi connectivity index (χ4n) is 3.41. The minimum atomic E-state index is 0.266. The molecule has 1 aromatic heterocycles. The third kappa shape index (κ3) is 2.40. The lowest BCUT2D eigenvalue weighted by atomic mass is 9.76. The summed E-state index contributed by atoms with van der Waals surface area (Å²) in [5.41, 5.74) is 8.54. The van der Waals surface area contributed by atoms with E-state index in [0.717, 1.165) is 31.9 Å². The van der Waals surface area contributed by atoms with E-state index in [1.807, 2.05) is 6.20 Å². The van der Waals surface area contributed by atoms with Crippen molar-refractivity contribution in [3.05, 3.63) is 17.3 Å². The first-order chi connectivity index (χ1) is 9.63. The van der Waals surface area contributed by atoms with Crippen LogP contribution in [-0.2, 0) is 4.74 Å². The third-order valence-corrected chi connectivity index (χ3v) is 5.00. The monoisotopic (exact) mass is 276 g/mol. The molecule has 20 heavy (non-hydrogen) atoms. The number of hydrogen-bond donors (Lipinski definition) is 1. The minimum absolute atomic E-state index is 0.266. The topological polar surface area (TPSA) is 64.3 Å². The summed E-state index contributed by atoms with van der Waals surface area (Å²) in [7, 11) is 0. The SMILES string of the molecule is Cc1cnnc(N2CCC3(CC2)COC(CN)C3)c1C. The number of nitrogens with zero attached hydrogens (tertiary/aromatic N) is 3. The fraction of sp³-hybridized carbons (Fsp3) is 0.733. The van der Waals surface area contributed by atoms with E-state index in [1.165, 1.54) is 24.0 Å². The van der Waals surface area contributed by atoms with Crippen LogP contribution in [-0.4, -0.2) is 42.5 Å². The Balaban J connectivity index is 1.68. The Kier molecular flexibility index (Phi) is 3.65. The standard InChI is InChI=1S/C15H24N4O/c1-11-9-17-18-14(12(11)2)19-5-3-15(4-6-19)7-13(8-16)20-10-15/h9,13H,3-8,10,16H2,1-2H3. The van der Waals surface area contributed by atoms with Crippen molar-refractivity contribution < 1.29 is 4.74 Å². The molecule has 2 saturated heterocycles. The van der Waals surface area contributed by atoms with Crippen molar-refractivity contribution in [2.24, 2.45) is 11.1 Å². The van der Waals surface area contributed by atoms with Gasteiger partial charge in [-0.05, 0) is 49.7 Å². The Morgan fingerprint density at radius 3 is 2.80 bits per heavy atom. The van der Waals surface area contributed by atoms with Gasteiger partial charge in [0, 0.05) is 19.6 Å². The van der Waals surface area contributed by atoms with E-state index in [9.17, 15) is 0 Å². The predicted octanol–water partition coefficient (Wildman–Crippen LogP) is 1.43. The molecule has 5 nitrogen and oxygen atoms in total. The lowest BCUT2D eigenvalue weighted by Crippen LogP contribution is -2.41. The number of aryl methyl sites for hydroxylation is 1. The van der Waals surface area contributed by atoms with Crippen LogP contribution in [0.15, 0.2) is 6.20 Å². The summed E-state index contributed by atoms with van der Waals surface area (Å²) in [4.78, 5) is 2.37. The smallest absolute Gasteiger partial charge is 0.154 e. The maximum Gasteiger partial charge on any atom is 0.154 e. The van der Waals surface area contributed by atoms with Gasteiger partial charge in [-0.15, -0.1) is 5.10 Å². The van der Waals surface area contributed by atoms with Gasteiger partial charge in [0.2, 0.25) is 0 Å². The molecule has 1 spiro atoms. The van der Waals surface area contributed by atoms with Crippen LogP contribution in [0.25, 0.3) is 0 Å². The average molecular weight is 276 g/mol. The maximum absolute atomic E-state index is 5.81. The summed E-state index contributed by atoms with van der Waals surface area (Å²) >= 11 is 0. The van der Waals surface area contributed by atoms with Gasteiger partial charge in [-0.3, -0.25) is 0 Å². The average Bonchev–Trinajstić information content (AvgIpc) is 2.86. The van der Waals surface area contributed by atoms with Crippen molar-refractivity contribution in [1.82, 2.24) is 10.2 Å². The van der Waals surface area contributed by atoms with Gasteiger partial charge >= 0.3 is 0 Å². The first-order valence-electron chi connectivity index (χ1n) is 7.49. The molecule has 0 aromatic carbocycles. The lowest BCUT2D eigenvalue weighted by Gasteiger charge is -2.39. The molecule has 110 valence electrons. The Labute approximate surface area is 120 Å². The van der Waals surface area contributed by atoms with Crippen molar-refractivity contribution in [3.63, 3.8) is 0 Å². The van der Waals surface area contributed by atoms with Gasteiger partial charge in [0.25, 0.3) is 0 Å². The van der Waals surface area contributed by atoms with Crippen LogP contribution in [0, 0.1) is 19.3 Å². The Bertz CT molecular complexity index is 483. The Morgan fingerprint density at radius 1 is 1.40 bits per heavy atom. The molecule has 2 fully saturated rings. The number of rotatable bonds is 2. The van der Waals surface area contributed by atoms with Crippen molar-refractivity contribution in [2.75, 3.05) is 31.1 Å². The molecule has 1 atom stereocenters. The second-order valence-corrected chi connectivity index (χ2v) is 6.34. The van der Waals surface area contributed by atoms with Crippen molar-refractivity contribution in [3.8, 4) is 0 Å². The lowest BCUT2D eigenvalue weighted by molar-refractivity contribution is 0.0926. The van der Waals surface area contributed by atoms with Crippen LogP contribution in [0.2, 0.25) is 0 Å². The van der Waals surface area contributed by atoms with Gasteiger partial charge in [-0.25, -0.2) is 0 Å². The quantitative estimate of drug-likeness (QED) is 0.885. The van der Waals surface area contributed by atoms with Crippen LogP contribution in [0.5, 0.6) is 0 Å². The zero-order valence-electron chi connectivity index (χ0n) is 12.4. The molecule has 2 N–H and O–H groups in total. The van der Waals surface area contributed by atoms with E-state index in [4.69, 9.17) is 10.5 Å². The van der Waals surface area contributed by atoms with Gasteiger partial charge in [0.05, 0.1) is 18.9 Å². The van der Waals surface area contributed by atoms with E-state index in [1.54, 1.807) is 0 Å². The van der Waals surface area contributed by atoms with Crippen molar-refractivity contribution in [1.29, 1.82) is 0 Å². The van der Waals surface area contributed by atoms with Gasteiger partial charge in [0.15, 0.2) is 5.82 Å². The number of nitrogens with two attached hydrogens (primary N) is 1. The molecule has 2 aliphatic heterocycles. The van der Waals surface area contributed by atoms with Crippen LogP contribution < -0.4 is 10.6 Å². The predicted molar refractivity (Wildman–Crippen MR) is 78.8 cm³/mol. The van der Waals surface area contributed by atoms with Gasteiger partial charge in [0.1, 0.15) is 0 Å². The van der Waals surface area contributed by atoms with Crippen LogP contribution >= 0.6 is 0 Å². The van der Waals surface area contributed by atoms with E-state index < -0.39 is 0 Å². The zero-order chi connectivity index (χ0) is 14.2. The maximum atomic E-state index is 5.81. The fourth-order valence-corrected chi connectivity index (χ4v) is 3.41. The summed E-state index contributed by atoms with van der Waals surface area (Å²) in [6, 6.07) is 0. The number of piperidine rings is 1. The van der Waals surface area contributed by atoms with Gasteiger partial charge in [-0.1, -0.05) is 0 Å². The van der Waals surface area contributed by atoms with E-state index in [2.05, 4.69) is 28.9 Å². The van der Waals surface area contributed by atoms with Crippen molar-refractivity contribution in [2.45, 2.75) is 39.2 Å². The van der Waals surface area contributed by atoms with Crippen LogP contribution in [0.3, 0.4) is 0 Å². The normalized spacial score (nSPS) is 25.4. The van der Waals surface area contributed by atoms with Crippen LogP contribution in [0.4, 0.5) is 5.82 Å². The second-order valence-electron chi connectivity index (χ2n) is 6.34. The third-order valence-electron chi connectivity index (χ3n) is 5.00. The highest BCUT2D eigenvalue weighted by Gasteiger charge is 2.42. The van der Waals surface area contributed by atoms with Gasteiger partial charge in [-0.2, -0.15) is 5.10 Å². The molecular formula is C15H24N4O. The number of aromatic nitrogens is 2. The molecular weight excluding hydrogens is 252 g/mol. The van der Waals surface area contributed by atoms with E-state index in [-0.39, 0.29) is 6.10 Å². The summed E-state index contributed by atoms with van der Waals surface area (Å²) in [6.07, 6.45) is 5.55. The largest absolute Gasteiger partial charge is 0.376 e. The van der Waals surface area contributed by atoms with E-state index in [0.29, 0.717) is 12.0 Å². The van der Waals surface area contributed by atoms with Gasteiger partial charge < -0.3 is 15.4 Å². The Hall–Kier alpha value is -1.20. The molecule has 0 bridgehead atoms. The molecule has 1 aromatic rings. The highest BCUT2D eigenvalue weighted by Crippen LogP contribution is 2.42. The summed E-state index contributed by atoms with van der Waals surface area (Å²) in [6.45, 7) is 7.83. The summed E-state index contributed by atoms with van der Waals surface area (Å²) in [5.74, 6) is 1.05. The highest BCUT2D eigenvalue weighted by molar-refractivity contribution is 5.48. The van der Waals surface area contributed by atoms with Crippen LogP contribution in [0.1, 0.15) is 30.4 Å². The second kappa shape index (κ2) is 5.30. The molecule has 0 amide bonds. The Morgan fingerprint density at radius 2 is 2.15 bits per heavy atom. The molecule has 1 unspecified atom stereocenters. The highest BCUT2D eigenvalue weighted by atomic mass is 16.5. The number of hydrogen-bond acceptors (Lipinski definition) is 5. The molecule has 0 saturated carbocycles. The minimum Gasteiger partial charge on any atom is -0.376 e. The summed E-state index contributed by atoms with van der Waals surface area (Å²) in [5, 5.41) is 8.44. The number of anilines is 1. The first kappa shape index (κ1) is 13.8. The molecule has 5 heteroatoms. The zero-order valence-corrected chi connectivity index (χ0v) is 12.4. The molecule has 3 heterocycles. The van der Waals surface area contributed by atoms with E-state index >= 15 is 0 Å². The molecule has 0 radical (unpaired) electrons. The first-order valence-corrected chi connectivity index (χ1v) is 7.49. The molecule has 0 aliphatic carbocycles. The van der Waals surface area contributed by atoms with Crippen molar-refractivity contribution >= 4 is 5.82 Å². The summed E-state index contributed by atoms with van der Waals surface area (Å²) < 4.78 is 5.81. The molecule has 3 rings (SSSR count). The number of ether oxygens (including phenoxy) is 1. The molecule has 2 aliphatic rings.